The molecule has 0 saturated heterocycles. The van der Waals surface area contributed by atoms with Crippen LogP contribution in [0.15, 0.2) is 17.1 Å². The molecule has 1 aliphatic rings. The number of methoxy groups -OCH3 is 2. The molecule has 0 fully saturated rings. The van der Waals surface area contributed by atoms with Gasteiger partial charge in [-0.15, -0.1) is 0 Å². The van der Waals surface area contributed by atoms with E-state index in [2.05, 4.69) is 18.8 Å². The standard InChI is InChI=1S/C14H20N2O3/c1-8(2)10-7-19-14(16-10)9-5-6-11(17-3)13(18-4)12(9)15/h5-6,8,10H,7,15H2,1-4H3. The molecule has 0 saturated carbocycles. The lowest BCUT2D eigenvalue weighted by Crippen LogP contribution is -2.13. The molecule has 1 atom stereocenters. The van der Waals surface area contributed by atoms with E-state index in [4.69, 9.17) is 19.9 Å². The van der Waals surface area contributed by atoms with Crippen LogP contribution in [0.3, 0.4) is 0 Å². The molecule has 1 heterocycles. The fourth-order valence-electron chi connectivity index (χ4n) is 2.02. The number of rotatable bonds is 4. The van der Waals surface area contributed by atoms with Crippen molar-refractivity contribution in [3.63, 3.8) is 0 Å². The summed E-state index contributed by atoms with van der Waals surface area (Å²) in [6.45, 7) is 4.84. The molecule has 19 heavy (non-hydrogen) atoms. The van der Waals surface area contributed by atoms with Crippen LogP contribution < -0.4 is 15.2 Å². The Morgan fingerprint density at radius 3 is 2.58 bits per heavy atom. The van der Waals surface area contributed by atoms with Crippen molar-refractivity contribution in [2.75, 3.05) is 26.6 Å². The zero-order valence-electron chi connectivity index (χ0n) is 11.8. The van der Waals surface area contributed by atoms with Crippen LogP contribution in [0.1, 0.15) is 19.4 Å². The number of anilines is 1. The van der Waals surface area contributed by atoms with Crippen molar-refractivity contribution in [2.45, 2.75) is 19.9 Å². The lowest BCUT2D eigenvalue weighted by Gasteiger charge is -2.13. The molecule has 0 aliphatic carbocycles. The van der Waals surface area contributed by atoms with Gasteiger partial charge in [-0.05, 0) is 18.1 Å². The van der Waals surface area contributed by atoms with Crippen molar-refractivity contribution in [2.24, 2.45) is 10.9 Å². The zero-order chi connectivity index (χ0) is 14.0. The van der Waals surface area contributed by atoms with Crippen LogP contribution in [0.2, 0.25) is 0 Å². The molecule has 2 N–H and O–H groups in total. The molecular formula is C14H20N2O3. The molecule has 1 aromatic rings. The van der Waals surface area contributed by atoms with Gasteiger partial charge in [0.2, 0.25) is 5.90 Å². The lowest BCUT2D eigenvalue weighted by molar-refractivity contribution is 0.291. The van der Waals surface area contributed by atoms with Gasteiger partial charge in [0.15, 0.2) is 11.5 Å². The average Bonchev–Trinajstić information content (AvgIpc) is 2.87. The number of nitrogens with two attached hydrogens (primary N) is 1. The Balaban J connectivity index is 2.39. The molecule has 0 aromatic heterocycles. The Bertz CT molecular complexity index is 498. The van der Waals surface area contributed by atoms with Gasteiger partial charge in [0.25, 0.3) is 0 Å². The van der Waals surface area contributed by atoms with E-state index >= 15 is 0 Å². The van der Waals surface area contributed by atoms with Gasteiger partial charge in [-0.25, -0.2) is 4.99 Å². The summed E-state index contributed by atoms with van der Waals surface area (Å²) in [6, 6.07) is 3.83. The van der Waals surface area contributed by atoms with E-state index in [1.165, 1.54) is 0 Å². The summed E-state index contributed by atoms with van der Waals surface area (Å²) < 4.78 is 16.1. The number of nitrogen functional groups attached to an aromatic ring is 1. The molecule has 0 bridgehead atoms. The minimum atomic E-state index is 0.183. The molecule has 5 nitrogen and oxygen atoms in total. The molecule has 5 heteroatoms. The normalized spacial score (nSPS) is 18.2. The van der Waals surface area contributed by atoms with E-state index < -0.39 is 0 Å². The summed E-state index contributed by atoms with van der Waals surface area (Å²) >= 11 is 0. The smallest absolute Gasteiger partial charge is 0.218 e. The number of ether oxygens (including phenoxy) is 3. The van der Waals surface area contributed by atoms with Crippen LogP contribution in [0.4, 0.5) is 5.69 Å². The molecule has 1 aromatic carbocycles. The summed E-state index contributed by atoms with van der Waals surface area (Å²) in [5.74, 6) is 2.14. The minimum absolute atomic E-state index is 0.183. The molecule has 104 valence electrons. The van der Waals surface area contributed by atoms with E-state index in [9.17, 15) is 0 Å². The molecular weight excluding hydrogens is 244 g/mol. The van der Waals surface area contributed by atoms with Crippen LogP contribution in [0, 0.1) is 5.92 Å². The first kappa shape index (κ1) is 13.5. The number of benzene rings is 1. The summed E-state index contributed by atoms with van der Waals surface area (Å²) in [5, 5.41) is 0. The van der Waals surface area contributed by atoms with Crippen LogP contribution in [-0.4, -0.2) is 32.8 Å². The van der Waals surface area contributed by atoms with Gasteiger partial charge in [0, 0.05) is 0 Å². The van der Waals surface area contributed by atoms with Crippen LogP contribution in [0.5, 0.6) is 11.5 Å². The predicted octanol–water partition coefficient (Wildman–Crippen LogP) is 2.09. The Morgan fingerprint density at radius 2 is 2.05 bits per heavy atom. The molecule has 1 aliphatic heterocycles. The first-order chi connectivity index (χ1) is 9.08. The molecule has 0 radical (unpaired) electrons. The third-order valence-electron chi connectivity index (χ3n) is 3.26. The van der Waals surface area contributed by atoms with Gasteiger partial charge < -0.3 is 19.9 Å². The summed E-state index contributed by atoms with van der Waals surface area (Å²) in [5.41, 5.74) is 7.35. The highest BCUT2D eigenvalue weighted by molar-refractivity contribution is 6.01. The van der Waals surface area contributed by atoms with E-state index in [-0.39, 0.29) is 6.04 Å². The van der Waals surface area contributed by atoms with Gasteiger partial charge in [0.05, 0.1) is 31.5 Å². The Kier molecular flexibility index (Phi) is 3.83. The van der Waals surface area contributed by atoms with Gasteiger partial charge in [0.1, 0.15) is 6.61 Å². The molecule has 0 amide bonds. The number of aliphatic imine (C=N–C) groups is 1. The van der Waals surface area contributed by atoms with Crippen molar-refractivity contribution in [1.29, 1.82) is 0 Å². The van der Waals surface area contributed by atoms with Crippen molar-refractivity contribution in [3.05, 3.63) is 17.7 Å². The summed E-state index contributed by atoms with van der Waals surface area (Å²) in [7, 11) is 3.14. The second-order valence-electron chi connectivity index (χ2n) is 4.82. The first-order valence-electron chi connectivity index (χ1n) is 6.29. The highest BCUT2D eigenvalue weighted by Crippen LogP contribution is 2.36. The maximum Gasteiger partial charge on any atom is 0.218 e. The quantitative estimate of drug-likeness (QED) is 0.846. The maximum absolute atomic E-state index is 6.11. The van der Waals surface area contributed by atoms with Crippen LogP contribution >= 0.6 is 0 Å². The third kappa shape index (κ3) is 2.45. The predicted molar refractivity (Wildman–Crippen MR) is 75.1 cm³/mol. The number of hydrogen-bond acceptors (Lipinski definition) is 5. The van der Waals surface area contributed by atoms with Gasteiger partial charge in [-0.1, -0.05) is 13.8 Å². The Labute approximate surface area is 113 Å². The zero-order valence-corrected chi connectivity index (χ0v) is 11.8. The van der Waals surface area contributed by atoms with E-state index in [0.717, 1.165) is 5.56 Å². The topological polar surface area (TPSA) is 66.1 Å². The van der Waals surface area contributed by atoms with E-state index in [1.807, 2.05) is 6.07 Å². The van der Waals surface area contributed by atoms with Crippen LogP contribution in [0.25, 0.3) is 0 Å². The maximum atomic E-state index is 6.11. The number of nitrogens with zero attached hydrogens (tertiary/aromatic N) is 1. The Morgan fingerprint density at radius 1 is 1.32 bits per heavy atom. The monoisotopic (exact) mass is 264 g/mol. The van der Waals surface area contributed by atoms with Gasteiger partial charge in [-0.2, -0.15) is 0 Å². The fraction of sp³-hybridized carbons (Fsp3) is 0.500. The van der Waals surface area contributed by atoms with Gasteiger partial charge >= 0.3 is 0 Å². The van der Waals surface area contributed by atoms with E-state index in [1.54, 1.807) is 20.3 Å². The Hall–Kier alpha value is -1.91. The van der Waals surface area contributed by atoms with E-state index in [0.29, 0.717) is 35.6 Å². The highest BCUT2D eigenvalue weighted by Gasteiger charge is 2.25. The van der Waals surface area contributed by atoms with Crippen molar-refractivity contribution in [3.8, 4) is 11.5 Å². The van der Waals surface area contributed by atoms with Gasteiger partial charge in [-0.3, -0.25) is 0 Å². The fourth-order valence-corrected chi connectivity index (χ4v) is 2.02. The first-order valence-corrected chi connectivity index (χ1v) is 6.29. The second-order valence-corrected chi connectivity index (χ2v) is 4.82. The highest BCUT2D eigenvalue weighted by atomic mass is 16.5. The summed E-state index contributed by atoms with van der Waals surface area (Å²) in [6.07, 6.45) is 0. The third-order valence-corrected chi connectivity index (χ3v) is 3.26. The van der Waals surface area contributed by atoms with Crippen LogP contribution in [-0.2, 0) is 4.74 Å². The molecule has 2 rings (SSSR count). The van der Waals surface area contributed by atoms with Crippen molar-refractivity contribution >= 4 is 11.6 Å². The lowest BCUT2D eigenvalue weighted by atomic mass is 10.1. The largest absolute Gasteiger partial charge is 0.493 e. The van der Waals surface area contributed by atoms with Crippen molar-refractivity contribution < 1.29 is 14.2 Å². The minimum Gasteiger partial charge on any atom is -0.493 e. The second kappa shape index (κ2) is 5.38. The average molecular weight is 264 g/mol. The SMILES string of the molecule is COc1ccc(C2=NC(C(C)C)CO2)c(N)c1OC. The molecule has 0 spiro atoms. The molecule has 1 unspecified atom stereocenters. The number of hydrogen-bond donors (Lipinski definition) is 1. The van der Waals surface area contributed by atoms with Crippen molar-refractivity contribution in [1.82, 2.24) is 0 Å². The summed E-state index contributed by atoms with van der Waals surface area (Å²) in [4.78, 5) is 4.57.